The molecule has 1 aliphatic rings. The first-order chi connectivity index (χ1) is 9.75. The number of aromatic nitrogens is 4. The molecular weight excluding hydrogens is 320 g/mol. The lowest BCUT2D eigenvalue weighted by Crippen LogP contribution is -2.49. The molecule has 1 aliphatic heterocycles. The Balaban J connectivity index is 1.85. The molecule has 0 amide bonds. The smallest absolute Gasteiger partial charge is 0.170 e. The summed E-state index contributed by atoms with van der Waals surface area (Å²) in [4.78, 5) is 2.40. The first-order valence-corrected chi connectivity index (χ1v) is 7.52. The van der Waals surface area contributed by atoms with E-state index in [1.54, 1.807) is 4.68 Å². The third-order valence-electron chi connectivity index (χ3n) is 3.60. The van der Waals surface area contributed by atoms with Crippen molar-refractivity contribution in [3.63, 3.8) is 0 Å². The number of benzene rings is 1. The normalized spacial score (nSPS) is 20.2. The van der Waals surface area contributed by atoms with Crippen LogP contribution in [0.15, 0.2) is 28.7 Å². The van der Waals surface area contributed by atoms with Gasteiger partial charge in [-0.15, -0.1) is 5.10 Å². The zero-order valence-corrected chi connectivity index (χ0v) is 12.9. The molecule has 2 heterocycles. The molecule has 0 saturated carbocycles. The highest BCUT2D eigenvalue weighted by Gasteiger charge is 2.21. The summed E-state index contributed by atoms with van der Waals surface area (Å²) >= 11 is 3.55. The van der Waals surface area contributed by atoms with Gasteiger partial charge in [-0.3, -0.25) is 4.90 Å². The maximum Gasteiger partial charge on any atom is 0.170 e. The van der Waals surface area contributed by atoms with E-state index in [1.807, 2.05) is 24.3 Å². The van der Waals surface area contributed by atoms with Crippen LogP contribution in [0.5, 0.6) is 0 Å². The van der Waals surface area contributed by atoms with Gasteiger partial charge in [0, 0.05) is 30.1 Å². The van der Waals surface area contributed by atoms with Crippen molar-refractivity contribution in [2.45, 2.75) is 19.5 Å². The van der Waals surface area contributed by atoms with Crippen molar-refractivity contribution in [1.82, 2.24) is 30.4 Å². The third kappa shape index (κ3) is 2.74. The molecule has 0 spiro atoms. The second-order valence-corrected chi connectivity index (χ2v) is 5.84. The fourth-order valence-electron chi connectivity index (χ4n) is 2.41. The zero-order chi connectivity index (χ0) is 13.9. The first kappa shape index (κ1) is 13.7. The van der Waals surface area contributed by atoms with E-state index in [0.717, 1.165) is 42.2 Å². The molecule has 1 saturated heterocycles. The fraction of sp³-hybridized carbons (Fsp3) is 0.462. The molecule has 1 atom stereocenters. The van der Waals surface area contributed by atoms with Gasteiger partial charge in [-0.1, -0.05) is 12.1 Å². The zero-order valence-electron chi connectivity index (χ0n) is 11.3. The number of rotatable bonds is 3. The lowest BCUT2D eigenvalue weighted by molar-refractivity contribution is 0.160. The van der Waals surface area contributed by atoms with E-state index in [4.69, 9.17) is 0 Å². The molecular formula is C13H17BrN6. The van der Waals surface area contributed by atoms with Crippen molar-refractivity contribution in [2.24, 2.45) is 0 Å². The highest BCUT2D eigenvalue weighted by atomic mass is 79.9. The number of para-hydroxylation sites is 1. The summed E-state index contributed by atoms with van der Waals surface area (Å²) in [5.74, 6) is 0.866. The number of hydrogen-bond donors (Lipinski definition) is 1. The van der Waals surface area contributed by atoms with Crippen LogP contribution >= 0.6 is 15.9 Å². The maximum absolute atomic E-state index is 4.18. The summed E-state index contributed by atoms with van der Waals surface area (Å²) < 4.78 is 2.79. The molecule has 2 aromatic rings. The number of hydrogen-bond acceptors (Lipinski definition) is 5. The largest absolute Gasteiger partial charge is 0.314 e. The molecule has 0 radical (unpaired) electrons. The van der Waals surface area contributed by atoms with Gasteiger partial charge in [0.15, 0.2) is 5.82 Å². The van der Waals surface area contributed by atoms with Crippen LogP contribution in [-0.4, -0.2) is 50.8 Å². The summed E-state index contributed by atoms with van der Waals surface area (Å²) in [7, 11) is 0. The van der Waals surface area contributed by atoms with E-state index in [-0.39, 0.29) is 0 Å². The predicted molar refractivity (Wildman–Crippen MR) is 79.6 cm³/mol. The monoisotopic (exact) mass is 336 g/mol. The van der Waals surface area contributed by atoms with Crippen molar-refractivity contribution < 1.29 is 0 Å². The summed E-state index contributed by atoms with van der Waals surface area (Å²) in [5.41, 5.74) is 0.968. The minimum atomic E-state index is 0.494. The highest BCUT2D eigenvalue weighted by Crippen LogP contribution is 2.21. The highest BCUT2D eigenvalue weighted by molar-refractivity contribution is 9.10. The van der Waals surface area contributed by atoms with Gasteiger partial charge in [0.2, 0.25) is 0 Å². The standard InChI is InChI=1S/C13H17BrN6/c1-10-8-15-6-7-19(10)9-13-16-17-18-20(13)12-5-3-2-4-11(12)14/h2-5,10,15H,6-9H2,1H3/t10-/m0/s1. The van der Waals surface area contributed by atoms with E-state index in [0.29, 0.717) is 6.04 Å². The number of tetrazole rings is 1. The van der Waals surface area contributed by atoms with Gasteiger partial charge in [0.1, 0.15) is 0 Å². The van der Waals surface area contributed by atoms with Crippen LogP contribution in [0.4, 0.5) is 0 Å². The van der Waals surface area contributed by atoms with Crippen molar-refractivity contribution in [3.8, 4) is 5.69 Å². The molecule has 20 heavy (non-hydrogen) atoms. The fourth-order valence-corrected chi connectivity index (χ4v) is 2.87. The van der Waals surface area contributed by atoms with Gasteiger partial charge in [-0.05, 0) is 45.4 Å². The van der Waals surface area contributed by atoms with Crippen molar-refractivity contribution in [1.29, 1.82) is 0 Å². The lowest BCUT2D eigenvalue weighted by Gasteiger charge is -2.33. The number of piperazine rings is 1. The first-order valence-electron chi connectivity index (χ1n) is 6.72. The number of halogens is 1. The summed E-state index contributed by atoms with van der Waals surface area (Å²) in [6, 6.07) is 8.46. The summed E-state index contributed by atoms with van der Waals surface area (Å²) in [5, 5.41) is 15.5. The molecule has 1 aromatic heterocycles. The van der Waals surface area contributed by atoms with Crippen LogP contribution in [0.3, 0.4) is 0 Å². The molecule has 3 rings (SSSR count). The van der Waals surface area contributed by atoms with Crippen LogP contribution < -0.4 is 5.32 Å². The Bertz CT molecular complexity index is 584. The number of nitrogens with one attached hydrogen (secondary N) is 1. The van der Waals surface area contributed by atoms with Crippen LogP contribution in [0.25, 0.3) is 5.69 Å². The molecule has 7 heteroatoms. The van der Waals surface area contributed by atoms with Crippen molar-refractivity contribution in [2.75, 3.05) is 19.6 Å². The molecule has 0 bridgehead atoms. The predicted octanol–water partition coefficient (Wildman–Crippen LogP) is 1.22. The van der Waals surface area contributed by atoms with E-state index >= 15 is 0 Å². The van der Waals surface area contributed by atoms with E-state index < -0.39 is 0 Å². The van der Waals surface area contributed by atoms with Gasteiger partial charge in [0.25, 0.3) is 0 Å². The molecule has 1 N–H and O–H groups in total. The van der Waals surface area contributed by atoms with Gasteiger partial charge in [-0.25, -0.2) is 0 Å². The van der Waals surface area contributed by atoms with Gasteiger partial charge in [0.05, 0.1) is 12.2 Å². The van der Waals surface area contributed by atoms with Gasteiger partial charge in [-0.2, -0.15) is 4.68 Å². The van der Waals surface area contributed by atoms with E-state index in [9.17, 15) is 0 Å². The van der Waals surface area contributed by atoms with Crippen LogP contribution in [-0.2, 0) is 6.54 Å². The quantitative estimate of drug-likeness (QED) is 0.913. The Labute approximate surface area is 126 Å². The van der Waals surface area contributed by atoms with Crippen molar-refractivity contribution in [3.05, 3.63) is 34.6 Å². The summed E-state index contributed by atoms with van der Waals surface area (Å²) in [6.45, 7) is 6.03. The second kappa shape index (κ2) is 5.99. The van der Waals surface area contributed by atoms with Crippen LogP contribution in [0, 0.1) is 0 Å². The summed E-state index contributed by atoms with van der Waals surface area (Å²) in [6.07, 6.45) is 0. The van der Waals surface area contributed by atoms with Gasteiger partial charge < -0.3 is 5.32 Å². The minimum Gasteiger partial charge on any atom is -0.314 e. The third-order valence-corrected chi connectivity index (χ3v) is 4.27. The van der Waals surface area contributed by atoms with Crippen molar-refractivity contribution >= 4 is 15.9 Å². The average molecular weight is 337 g/mol. The van der Waals surface area contributed by atoms with Crippen LogP contribution in [0.1, 0.15) is 12.7 Å². The van der Waals surface area contributed by atoms with Gasteiger partial charge >= 0.3 is 0 Å². The molecule has 6 nitrogen and oxygen atoms in total. The Kier molecular flexibility index (Phi) is 4.09. The number of nitrogens with zero attached hydrogens (tertiary/aromatic N) is 5. The lowest BCUT2D eigenvalue weighted by atomic mass is 10.2. The average Bonchev–Trinajstić information content (AvgIpc) is 2.90. The topological polar surface area (TPSA) is 58.9 Å². The van der Waals surface area contributed by atoms with E-state index in [1.165, 1.54) is 0 Å². The second-order valence-electron chi connectivity index (χ2n) is 4.98. The molecule has 0 unspecified atom stereocenters. The Morgan fingerprint density at radius 3 is 3.05 bits per heavy atom. The Hall–Kier alpha value is -1.31. The molecule has 1 aromatic carbocycles. The Morgan fingerprint density at radius 2 is 2.25 bits per heavy atom. The van der Waals surface area contributed by atoms with Crippen LogP contribution in [0.2, 0.25) is 0 Å². The minimum absolute atomic E-state index is 0.494. The Morgan fingerprint density at radius 1 is 1.40 bits per heavy atom. The molecule has 106 valence electrons. The molecule has 0 aliphatic carbocycles. The molecule has 1 fully saturated rings. The van der Waals surface area contributed by atoms with E-state index in [2.05, 4.69) is 48.6 Å². The SMILES string of the molecule is C[C@H]1CNCCN1Cc1nnnn1-c1ccccc1Br. The maximum atomic E-state index is 4.18.